The molecule has 2 amide bonds. The van der Waals surface area contributed by atoms with Crippen molar-refractivity contribution in [3.63, 3.8) is 0 Å². The number of hydrogen-bond acceptors (Lipinski definition) is 5. The zero-order valence-electron chi connectivity index (χ0n) is 15.4. The molecule has 2 aliphatic heterocycles. The number of nitrogens with zero attached hydrogens (tertiary/aromatic N) is 1. The quantitative estimate of drug-likeness (QED) is 0.801. The number of nitrogens with one attached hydrogen (secondary N) is 1. The fraction of sp³-hybridized carbons (Fsp3) is 0.579. The Bertz CT molecular complexity index is 671. The Labute approximate surface area is 153 Å². The SMILES string of the molecule is CCC1Oc2ccc(C(C)N)cc2N(CC(=O)NCC2CCCO2)C1=O. The number of nitrogens with two attached hydrogens (primary N) is 1. The first-order chi connectivity index (χ1) is 12.5. The Balaban J connectivity index is 1.76. The zero-order chi connectivity index (χ0) is 18.7. The second-order valence-corrected chi connectivity index (χ2v) is 6.89. The van der Waals surface area contributed by atoms with Gasteiger partial charge in [-0.3, -0.25) is 14.5 Å². The van der Waals surface area contributed by atoms with Gasteiger partial charge in [-0.2, -0.15) is 0 Å². The van der Waals surface area contributed by atoms with Crippen molar-refractivity contribution in [1.82, 2.24) is 5.32 Å². The van der Waals surface area contributed by atoms with Gasteiger partial charge in [0.05, 0.1) is 11.8 Å². The van der Waals surface area contributed by atoms with Crippen molar-refractivity contribution in [1.29, 1.82) is 0 Å². The molecule has 0 radical (unpaired) electrons. The van der Waals surface area contributed by atoms with Crippen LogP contribution in [0.5, 0.6) is 5.75 Å². The second-order valence-electron chi connectivity index (χ2n) is 6.89. The van der Waals surface area contributed by atoms with Gasteiger partial charge in [0.1, 0.15) is 12.3 Å². The smallest absolute Gasteiger partial charge is 0.268 e. The summed E-state index contributed by atoms with van der Waals surface area (Å²) in [6, 6.07) is 5.37. The Morgan fingerprint density at radius 2 is 2.27 bits per heavy atom. The number of hydrogen-bond donors (Lipinski definition) is 2. The predicted molar refractivity (Wildman–Crippen MR) is 98.1 cm³/mol. The Morgan fingerprint density at radius 3 is 2.92 bits per heavy atom. The molecule has 0 bridgehead atoms. The van der Waals surface area contributed by atoms with Gasteiger partial charge in [0, 0.05) is 19.2 Å². The standard InChI is InChI=1S/C19H27N3O4/c1-3-16-19(24)22(11-18(23)21-10-14-5-4-8-25-14)15-9-13(12(2)20)6-7-17(15)26-16/h6-7,9,12,14,16H,3-5,8,10-11,20H2,1-2H3,(H,21,23). The average Bonchev–Trinajstić information content (AvgIpc) is 3.15. The van der Waals surface area contributed by atoms with Crippen molar-refractivity contribution < 1.29 is 19.1 Å². The number of carbonyl (C=O) groups excluding carboxylic acids is 2. The molecule has 1 fully saturated rings. The van der Waals surface area contributed by atoms with E-state index in [-0.39, 0.29) is 30.5 Å². The Kier molecular flexibility index (Phi) is 5.78. The van der Waals surface area contributed by atoms with Crippen LogP contribution in [0, 0.1) is 0 Å². The largest absolute Gasteiger partial charge is 0.478 e. The van der Waals surface area contributed by atoms with Crippen molar-refractivity contribution in [2.45, 2.75) is 51.4 Å². The molecule has 0 aliphatic carbocycles. The molecule has 2 aliphatic rings. The predicted octanol–water partition coefficient (Wildman–Crippen LogP) is 1.51. The molecule has 0 aromatic heterocycles. The van der Waals surface area contributed by atoms with Gasteiger partial charge < -0.3 is 20.5 Å². The molecule has 2 heterocycles. The molecule has 3 unspecified atom stereocenters. The molecule has 1 saturated heterocycles. The van der Waals surface area contributed by atoms with Gasteiger partial charge in [0.15, 0.2) is 6.10 Å². The van der Waals surface area contributed by atoms with Crippen LogP contribution in [0.3, 0.4) is 0 Å². The molecule has 0 spiro atoms. The summed E-state index contributed by atoms with van der Waals surface area (Å²) in [4.78, 5) is 26.7. The Morgan fingerprint density at radius 1 is 1.46 bits per heavy atom. The molecule has 7 nitrogen and oxygen atoms in total. The van der Waals surface area contributed by atoms with Crippen LogP contribution in [0.4, 0.5) is 5.69 Å². The van der Waals surface area contributed by atoms with E-state index in [9.17, 15) is 9.59 Å². The molecule has 1 aromatic rings. The molecule has 142 valence electrons. The van der Waals surface area contributed by atoms with E-state index in [4.69, 9.17) is 15.2 Å². The normalized spacial score (nSPS) is 23.3. The third-order valence-corrected chi connectivity index (χ3v) is 4.83. The van der Waals surface area contributed by atoms with Crippen molar-refractivity contribution in [3.05, 3.63) is 23.8 Å². The average molecular weight is 361 g/mol. The zero-order valence-corrected chi connectivity index (χ0v) is 15.4. The lowest BCUT2D eigenvalue weighted by atomic mass is 10.0. The van der Waals surface area contributed by atoms with Gasteiger partial charge in [-0.25, -0.2) is 0 Å². The number of rotatable bonds is 6. The summed E-state index contributed by atoms with van der Waals surface area (Å²) in [5, 5.41) is 2.87. The van der Waals surface area contributed by atoms with E-state index in [1.807, 2.05) is 32.0 Å². The van der Waals surface area contributed by atoms with E-state index in [0.29, 0.717) is 24.4 Å². The lowest BCUT2D eigenvalue weighted by Crippen LogP contribution is -2.50. The fourth-order valence-electron chi connectivity index (χ4n) is 3.28. The number of carbonyl (C=O) groups is 2. The minimum Gasteiger partial charge on any atom is -0.478 e. The molecule has 3 rings (SSSR count). The van der Waals surface area contributed by atoms with Crippen molar-refractivity contribution in [3.8, 4) is 5.75 Å². The van der Waals surface area contributed by atoms with Crippen LogP contribution in [0.15, 0.2) is 18.2 Å². The molecular formula is C19H27N3O4. The first-order valence-corrected chi connectivity index (χ1v) is 9.25. The highest BCUT2D eigenvalue weighted by atomic mass is 16.5. The van der Waals surface area contributed by atoms with Gasteiger partial charge >= 0.3 is 0 Å². The van der Waals surface area contributed by atoms with Crippen molar-refractivity contribution in [2.24, 2.45) is 5.73 Å². The monoisotopic (exact) mass is 361 g/mol. The van der Waals surface area contributed by atoms with Crippen LogP contribution in [0.25, 0.3) is 0 Å². The van der Waals surface area contributed by atoms with Gasteiger partial charge in [-0.05, 0) is 43.9 Å². The minimum atomic E-state index is -0.574. The highest BCUT2D eigenvalue weighted by Crippen LogP contribution is 2.36. The van der Waals surface area contributed by atoms with Crippen LogP contribution in [0.1, 0.15) is 44.7 Å². The van der Waals surface area contributed by atoms with E-state index in [1.54, 1.807) is 0 Å². The van der Waals surface area contributed by atoms with Gasteiger partial charge in [-0.1, -0.05) is 13.0 Å². The van der Waals surface area contributed by atoms with Crippen LogP contribution < -0.4 is 20.7 Å². The van der Waals surface area contributed by atoms with Crippen LogP contribution in [-0.4, -0.2) is 43.7 Å². The van der Waals surface area contributed by atoms with Crippen LogP contribution >= 0.6 is 0 Å². The number of fused-ring (bicyclic) bond motifs is 1. The molecule has 0 saturated carbocycles. The number of anilines is 1. The van der Waals surface area contributed by atoms with E-state index in [1.165, 1.54) is 4.90 Å². The Hall–Kier alpha value is -2.12. The highest BCUT2D eigenvalue weighted by Gasteiger charge is 2.34. The lowest BCUT2D eigenvalue weighted by Gasteiger charge is -2.34. The number of amides is 2. The van der Waals surface area contributed by atoms with Gasteiger partial charge in [0.2, 0.25) is 5.91 Å². The number of benzene rings is 1. The van der Waals surface area contributed by atoms with E-state index >= 15 is 0 Å². The molecular weight excluding hydrogens is 334 g/mol. The maximum absolute atomic E-state index is 12.8. The van der Waals surface area contributed by atoms with Crippen molar-refractivity contribution >= 4 is 17.5 Å². The maximum atomic E-state index is 12.8. The summed E-state index contributed by atoms with van der Waals surface area (Å²) in [5.41, 5.74) is 7.45. The summed E-state index contributed by atoms with van der Waals surface area (Å²) in [5.74, 6) is 0.199. The molecule has 3 N–H and O–H groups in total. The first-order valence-electron chi connectivity index (χ1n) is 9.25. The molecule has 3 atom stereocenters. The number of ether oxygens (including phenoxy) is 2. The first kappa shape index (κ1) is 18.7. The van der Waals surface area contributed by atoms with Crippen LogP contribution in [-0.2, 0) is 14.3 Å². The molecule has 1 aromatic carbocycles. The lowest BCUT2D eigenvalue weighted by molar-refractivity contribution is -0.129. The molecule has 7 heteroatoms. The summed E-state index contributed by atoms with van der Waals surface area (Å²) in [6.45, 7) is 4.94. The van der Waals surface area contributed by atoms with E-state index in [2.05, 4.69) is 5.32 Å². The van der Waals surface area contributed by atoms with E-state index in [0.717, 1.165) is 25.0 Å². The second kappa shape index (κ2) is 8.05. The fourth-order valence-corrected chi connectivity index (χ4v) is 3.28. The maximum Gasteiger partial charge on any atom is 0.268 e. The topological polar surface area (TPSA) is 93.9 Å². The third kappa shape index (κ3) is 3.99. The summed E-state index contributed by atoms with van der Waals surface area (Å²) in [7, 11) is 0. The van der Waals surface area contributed by atoms with Crippen molar-refractivity contribution in [2.75, 3.05) is 24.6 Å². The van der Waals surface area contributed by atoms with Gasteiger partial charge in [-0.15, -0.1) is 0 Å². The minimum absolute atomic E-state index is 0.0409. The van der Waals surface area contributed by atoms with Gasteiger partial charge in [0.25, 0.3) is 5.91 Å². The van der Waals surface area contributed by atoms with Crippen LogP contribution in [0.2, 0.25) is 0 Å². The summed E-state index contributed by atoms with van der Waals surface area (Å²) in [6.07, 6.45) is 2.01. The van der Waals surface area contributed by atoms with E-state index < -0.39 is 6.10 Å². The summed E-state index contributed by atoms with van der Waals surface area (Å²) >= 11 is 0. The summed E-state index contributed by atoms with van der Waals surface area (Å²) < 4.78 is 11.3. The third-order valence-electron chi connectivity index (χ3n) is 4.83. The highest BCUT2D eigenvalue weighted by molar-refractivity contribution is 6.03. The molecule has 26 heavy (non-hydrogen) atoms.